The van der Waals surface area contributed by atoms with Crippen LogP contribution in [0.3, 0.4) is 0 Å². The fraction of sp³-hybridized carbons (Fsp3) is 0.435. The molecule has 2 aromatic rings. The normalized spacial score (nSPS) is 12.7. The Morgan fingerprint density at radius 3 is 2.33 bits per heavy atom. The number of nitrogens with zero attached hydrogens (tertiary/aromatic N) is 1. The van der Waals surface area contributed by atoms with Gasteiger partial charge < -0.3 is 10.6 Å². The first kappa shape index (κ1) is 26.4. The number of nitrogens with one attached hydrogen (secondary N) is 2. The number of halogens is 1. The van der Waals surface area contributed by atoms with Gasteiger partial charge in [0.25, 0.3) is 0 Å². The van der Waals surface area contributed by atoms with E-state index in [1.165, 1.54) is 11.1 Å². The first-order chi connectivity index (χ1) is 13.9. The Bertz CT molecular complexity index is 869. The number of aliphatic imine (C=N–C) groups is 1. The molecule has 5 nitrogen and oxygen atoms in total. The van der Waals surface area contributed by atoms with Gasteiger partial charge in [0.05, 0.1) is 11.5 Å². The van der Waals surface area contributed by atoms with Gasteiger partial charge >= 0.3 is 0 Å². The third-order valence-corrected chi connectivity index (χ3v) is 6.35. The summed E-state index contributed by atoms with van der Waals surface area (Å²) >= 11 is 0. The molecule has 1 atom stereocenters. The molecule has 1 unspecified atom stereocenters. The van der Waals surface area contributed by atoms with E-state index in [4.69, 9.17) is 0 Å². The van der Waals surface area contributed by atoms with Crippen molar-refractivity contribution in [1.29, 1.82) is 0 Å². The van der Waals surface area contributed by atoms with Gasteiger partial charge in [-0.15, -0.1) is 24.0 Å². The van der Waals surface area contributed by atoms with Crippen molar-refractivity contribution < 1.29 is 8.42 Å². The molecule has 2 N–H and O–H groups in total. The third-order valence-electron chi connectivity index (χ3n) is 4.67. The van der Waals surface area contributed by atoms with Crippen molar-refractivity contribution in [1.82, 2.24) is 10.6 Å². The van der Waals surface area contributed by atoms with Gasteiger partial charge in [0.2, 0.25) is 0 Å². The summed E-state index contributed by atoms with van der Waals surface area (Å²) in [4.78, 5) is 4.66. The molecule has 0 amide bonds. The highest BCUT2D eigenvalue weighted by Crippen LogP contribution is 2.16. The highest BCUT2D eigenvalue weighted by molar-refractivity contribution is 14.0. The van der Waals surface area contributed by atoms with Crippen LogP contribution >= 0.6 is 24.0 Å². The van der Waals surface area contributed by atoms with Crippen LogP contribution in [0.25, 0.3) is 0 Å². The second-order valence-corrected chi connectivity index (χ2v) is 9.57. The lowest BCUT2D eigenvalue weighted by atomic mass is 10.0. The summed E-state index contributed by atoms with van der Waals surface area (Å²) in [5.74, 6) is 1.30. The molecule has 0 saturated heterocycles. The van der Waals surface area contributed by atoms with E-state index in [1.54, 1.807) is 0 Å². The van der Waals surface area contributed by atoms with Gasteiger partial charge in [-0.3, -0.25) is 4.99 Å². The topological polar surface area (TPSA) is 70.6 Å². The number of hydrogen-bond acceptors (Lipinski definition) is 3. The summed E-state index contributed by atoms with van der Waals surface area (Å²) in [7, 11) is -3.11. The average molecular weight is 544 g/mol. The molecule has 0 radical (unpaired) electrons. The first-order valence-electron chi connectivity index (χ1n) is 10.2. The maximum absolute atomic E-state index is 12.3. The van der Waals surface area contributed by atoms with E-state index in [0.29, 0.717) is 25.4 Å². The zero-order chi connectivity index (χ0) is 21.1. The maximum atomic E-state index is 12.3. The lowest BCUT2D eigenvalue weighted by Gasteiger charge is -2.14. The van der Waals surface area contributed by atoms with Gasteiger partial charge in [-0.1, -0.05) is 67.1 Å². The lowest BCUT2D eigenvalue weighted by Crippen LogP contribution is -2.38. The molecule has 0 heterocycles. The largest absolute Gasteiger partial charge is 0.357 e. The fourth-order valence-corrected chi connectivity index (χ4v) is 4.40. The van der Waals surface area contributed by atoms with E-state index in [-0.39, 0.29) is 35.5 Å². The Balaban J connectivity index is 0.00000450. The monoisotopic (exact) mass is 543 g/mol. The Morgan fingerprint density at radius 2 is 1.70 bits per heavy atom. The molecule has 0 aliphatic carbocycles. The maximum Gasteiger partial charge on any atom is 0.191 e. The van der Waals surface area contributed by atoms with Crippen LogP contribution in [0.2, 0.25) is 0 Å². The third kappa shape index (κ3) is 9.93. The van der Waals surface area contributed by atoms with Gasteiger partial charge in [0.15, 0.2) is 15.8 Å². The standard InChI is InChI=1S/C23H33N3O2S.HI/c1-4-24-23(26-17-20(3)22-13-11-19(2)12-14-22)25-15-8-16-29(27,28)18-21-9-6-5-7-10-21;/h5-7,9-14,20H,4,8,15-18H2,1-3H3,(H2,24,25,26);1H. The van der Waals surface area contributed by atoms with Crippen LogP contribution in [0.4, 0.5) is 0 Å². The van der Waals surface area contributed by atoms with Crippen LogP contribution in [-0.2, 0) is 15.6 Å². The van der Waals surface area contributed by atoms with Crippen molar-refractivity contribution in [2.45, 2.75) is 38.9 Å². The van der Waals surface area contributed by atoms with Crippen LogP contribution in [0.15, 0.2) is 59.6 Å². The Kier molecular flexibility index (Phi) is 12.0. The number of hydrogen-bond donors (Lipinski definition) is 2. The minimum absolute atomic E-state index is 0. The zero-order valence-electron chi connectivity index (χ0n) is 18.1. The van der Waals surface area contributed by atoms with Gasteiger partial charge in [-0.2, -0.15) is 0 Å². The molecule has 0 fully saturated rings. The number of guanidine groups is 1. The zero-order valence-corrected chi connectivity index (χ0v) is 21.2. The molecule has 0 aromatic heterocycles. The molecule has 2 rings (SSSR count). The van der Waals surface area contributed by atoms with Crippen LogP contribution in [0.5, 0.6) is 0 Å². The highest BCUT2D eigenvalue weighted by atomic mass is 127. The first-order valence-corrected chi connectivity index (χ1v) is 12.0. The van der Waals surface area contributed by atoms with Gasteiger partial charge in [-0.25, -0.2) is 8.42 Å². The summed E-state index contributed by atoms with van der Waals surface area (Å²) in [6, 6.07) is 17.8. The Morgan fingerprint density at radius 1 is 1.03 bits per heavy atom. The molecule has 2 aromatic carbocycles. The average Bonchev–Trinajstić information content (AvgIpc) is 2.70. The summed E-state index contributed by atoms with van der Waals surface area (Å²) in [6.07, 6.45) is 0.549. The van der Waals surface area contributed by atoms with Crippen LogP contribution < -0.4 is 10.6 Å². The highest BCUT2D eigenvalue weighted by Gasteiger charge is 2.12. The number of sulfone groups is 1. The van der Waals surface area contributed by atoms with Gasteiger partial charge in [0.1, 0.15) is 0 Å². The minimum atomic E-state index is -3.11. The fourth-order valence-electron chi connectivity index (χ4n) is 2.97. The van der Waals surface area contributed by atoms with Crippen LogP contribution in [-0.4, -0.2) is 39.8 Å². The molecule has 0 aliphatic rings. The Hall–Kier alpha value is -1.61. The van der Waals surface area contributed by atoms with Crippen LogP contribution in [0.1, 0.15) is 42.9 Å². The molecule has 0 saturated carbocycles. The minimum Gasteiger partial charge on any atom is -0.357 e. The van der Waals surface area contributed by atoms with E-state index in [9.17, 15) is 8.42 Å². The summed E-state index contributed by atoms with van der Waals surface area (Å²) in [5.41, 5.74) is 3.35. The van der Waals surface area contributed by atoms with Crippen LogP contribution in [0, 0.1) is 6.92 Å². The quantitative estimate of drug-likeness (QED) is 0.203. The van der Waals surface area contributed by atoms with Gasteiger partial charge in [-0.05, 0) is 31.4 Å². The molecule has 30 heavy (non-hydrogen) atoms. The molecular formula is C23H34IN3O2S. The van der Waals surface area contributed by atoms with Crippen molar-refractivity contribution in [3.05, 3.63) is 71.3 Å². The van der Waals surface area contributed by atoms with E-state index >= 15 is 0 Å². The second-order valence-electron chi connectivity index (χ2n) is 7.39. The Labute approximate surface area is 198 Å². The smallest absolute Gasteiger partial charge is 0.191 e. The molecule has 0 spiro atoms. The molecule has 7 heteroatoms. The summed E-state index contributed by atoms with van der Waals surface area (Å²) in [5, 5.41) is 6.47. The van der Waals surface area contributed by atoms with E-state index in [1.807, 2.05) is 37.3 Å². The second kappa shape index (κ2) is 13.6. The molecule has 0 aliphatic heterocycles. The van der Waals surface area contributed by atoms with E-state index in [2.05, 4.69) is 53.7 Å². The summed E-state index contributed by atoms with van der Waals surface area (Å²) < 4.78 is 24.6. The molecular weight excluding hydrogens is 509 g/mol. The van der Waals surface area contributed by atoms with Crippen molar-refractivity contribution in [3.63, 3.8) is 0 Å². The predicted molar refractivity (Wildman–Crippen MR) is 138 cm³/mol. The number of benzene rings is 2. The van der Waals surface area contributed by atoms with Crippen molar-refractivity contribution in [3.8, 4) is 0 Å². The number of aryl methyl sites for hydroxylation is 1. The lowest BCUT2D eigenvalue weighted by molar-refractivity contribution is 0.591. The molecule has 0 bridgehead atoms. The molecule has 166 valence electrons. The van der Waals surface area contributed by atoms with Crippen molar-refractivity contribution in [2.75, 3.05) is 25.4 Å². The number of rotatable bonds is 10. The van der Waals surface area contributed by atoms with Gasteiger partial charge in [0, 0.05) is 25.6 Å². The van der Waals surface area contributed by atoms with Crippen molar-refractivity contribution in [2.24, 2.45) is 4.99 Å². The summed E-state index contributed by atoms with van der Waals surface area (Å²) in [6.45, 7) is 8.26. The predicted octanol–water partition coefficient (Wildman–Crippen LogP) is 4.28. The van der Waals surface area contributed by atoms with Crippen molar-refractivity contribution >= 4 is 39.8 Å². The van der Waals surface area contributed by atoms with E-state index < -0.39 is 9.84 Å². The SMILES string of the molecule is CCNC(=NCC(C)c1ccc(C)cc1)NCCCS(=O)(=O)Cc1ccccc1.I. The van der Waals surface area contributed by atoms with E-state index in [0.717, 1.165) is 18.1 Å².